The maximum Gasteiger partial charge on any atom is 0.222 e. The van der Waals surface area contributed by atoms with E-state index in [1.165, 1.54) is 61.2 Å². The lowest BCUT2D eigenvalue weighted by Gasteiger charge is -2.11. The normalized spacial score (nSPS) is 12.2. The van der Waals surface area contributed by atoms with E-state index in [-0.39, 0.29) is 37.3 Å². The molecular weight excluding hydrogens is 575 g/mol. The average Bonchev–Trinajstić information content (AvgIpc) is 2.88. The molecule has 1 N–H and O–H groups in total. The molecule has 4 rings (SSSR count). The second-order valence-corrected chi connectivity index (χ2v) is 12.6. The summed E-state index contributed by atoms with van der Waals surface area (Å²) in [7, 11) is -6.66. The Kier molecular flexibility index (Phi) is 9.28. The van der Waals surface area contributed by atoms with Crippen molar-refractivity contribution < 1.29 is 26.7 Å². The second kappa shape index (κ2) is 12.0. The fourth-order valence-electron chi connectivity index (χ4n) is 3.04. The summed E-state index contributed by atoms with van der Waals surface area (Å²) < 4.78 is 45.8. The van der Waals surface area contributed by atoms with Gasteiger partial charge in [-0.1, -0.05) is 24.3 Å². The van der Waals surface area contributed by atoms with Gasteiger partial charge in [-0.15, -0.1) is 0 Å². The van der Waals surface area contributed by atoms with E-state index in [1.54, 1.807) is 12.1 Å². The number of aliphatic hydroxyl groups is 1. The van der Waals surface area contributed by atoms with Crippen LogP contribution in [0.3, 0.4) is 0 Å². The van der Waals surface area contributed by atoms with Crippen LogP contribution in [0.2, 0.25) is 10.6 Å². The van der Waals surface area contributed by atoms with Crippen LogP contribution in [-0.4, -0.2) is 60.2 Å². The standard InChI is InChI=1S/C12H11ClN2O3S.C12H9ClN2O3S/c2*1-19(17,18)10-4-2-3-8(5-10)11(16)9-6-14-12(13)15-7-9/h2-7,11,16H,1H3;2-7H,1H3. The molecule has 0 saturated carbocycles. The third kappa shape index (κ3) is 7.85. The molecule has 0 radical (unpaired) electrons. The SMILES string of the molecule is CS(=O)(=O)c1cccc(C(=O)c2cnc(Cl)nc2)c1.CS(=O)(=O)c1cccc(C(O)c2cnc(Cl)nc2)c1. The number of rotatable bonds is 6. The van der Waals surface area contributed by atoms with Crippen molar-refractivity contribution >= 4 is 48.7 Å². The van der Waals surface area contributed by atoms with Crippen molar-refractivity contribution in [2.75, 3.05) is 12.5 Å². The van der Waals surface area contributed by atoms with Crippen LogP contribution >= 0.6 is 23.2 Å². The molecule has 10 nitrogen and oxygen atoms in total. The van der Waals surface area contributed by atoms with Crippen LogP contribution in [0.4, 0.5) is 0 Å². The first-order chi connectivity index (χ1) is 17.8. The van der Waals surface area contributed by atoms with E-state index in [9.17, 15) is 26.7 Å². The van der Waals surface area contributed by atoms with E-state index >= 15 is 0 Å². The van der Waals surface area contributed by atoms with E-state index in [0.29, 0.717) is 11.1 Å². The summed E-state index contributed by atoms with van der Waals surface area (Å²) in [4.78, 5) is 27.3. The minimum Gasteiger partial charge on any atom is -0.384 e. The molecule has 1 unspecified atom stereocenters. The summed E-state index contributed by atoms with van der Waals surface area (Å²) in [5.41, 5.74) is 1.40. The summed E-state index contributed by atoms with van der Waals surface area (Å²) in [6.07, 6.45) is 6.58. The zero-order valence-electron chi connectivity index (χ0n) is 19.9. The molecule has 38 heavy (non-hydrogen) atoms. The lowest BCUT2D eigenvalue weighted by molar-refractivity contribution is 0.103. The van der Waals surface area contributed by atoms with Crippen LogP contribution in [0.25, 0.3) is 0 Å². The van der Waals surface area contributed by atoms with Crippen molar-refractivity contribution in [3.8, 4) is 0 Å². The maximum atomic E-state index is 12.1. The fraction of sp³-hybridized carbons (Fsp3) is 0.125. The summed E-state index contributed by atoms with van der Waals surface area (Å²) in [5, 5.41) is 10.3. The van der Waals surface area contributed by atoms with Gasteiger partial charge in [0.2, 0.25) is 10.6 Å². The first-order valence-electron chi connectivity index (χ1n) is 10.5. The van der Waals surface area contributed by atoms with Crippen LogP contribution in [0.1, 0.15) is 33.2 Å². The van der Waals surface area contributed by atoms with Gasteiger partial charge in [0.25, 0.3) is 0 Å². The van der Waals surface area contributed by atoms with E-state index in [4.69, 9.17) is 23.2 Å². The highest BCUT2D eigenvalue weighted by Gasteiger charge is 2.15. The molecule has 4 aromatic rings. The van der Waals surface area contributed by atoms with Crippen molar-refractivity contribution in [1.82, 2.24) is 19.9 Å². The minimum atomic E-state index is -3.35. The van der Waals surface area contributed by atoms with Crippen LogP contribution < -0.4 is 0 Å². The van der Waals surface area contributed by atoms with E-state index in [0.717, 1.165) is 12.5 Å². The number of benzene rings is 2. The molecule has 198 valence electrons. The Bertz CT molecular complexity index is 1670. The van der Waals surface area contributed by atoms with Crippen LogP contribution in [0.15, 0.2) is 83.1 Å². The lowest BCUT2D eigenvalue weighted by atomic mass is 10.0. The number of ketones is 1. The van der Waals surface area contributed by atoms with Gasteiger partial charge in [-0.25, -0.2) is 36.8 Å². The smallest absolute Gasteiger partial charge is 0.222 e. The molecule has 2 heterocycles. The topological polar surface area (TPSA) is 157 Å². The summed E-state index contributed by atoms with van der Waals surface area (Å²) in [6, 6.07) is 11.9. The van der Waals surface area contributed by atoms with Gasteiger partial charge in [-0.2, -0.15) is 0 Å². The summed E-state index contributed by atoms with van der Waals surface area (Å²) in [6.45, 7) is 0. The molecule has 0 fully saturated rings. The molecule has 0 bridgehead atoms. The number of carbonyl (C=O) groups is 1. The van der Waals surface area contributed by atoms with Gasteiger partial charge in [0.15, 0.2) is 25.5 Å². The van der Waals surface area contributed by atoms with Crippen molar-refractivity contribution in [2.45, 2.75) is 15.9 Å². The highest BCUT2D eigenvalue weighted by molar-refractivity contribution is 7.91. The zero-order chi connectivity index (χ0) is 28.1. The van der Waals surface area contributed by atoms with E-state index in [2.05, 4.69) is 19.9 Å². The molecule has 2 aromatic heterocycles. The number of carbonyl (C=O) groups excluding carboxylic acids is 1. The number of hydrogen-bond acceptors (Lipinski definition) is 10. The number of sulfone groups is 2. The molecule has 0 aliphatic heterocycles. The molecule has 2 aromatic carbocycles. The third-order valence-corrected chi connectivity index (χ3v) is 7.58. The maximum absolute atomic E-state index is 12.1. The van der Waals surface area contributed by atoms with Gasteiger partial charge in [-0.3, -0.25) is 4.79 Å². The predicted molar refractivity (Wildman–Crippen MR) is 141 cm³/mol. The minimum absolute atomic E-state index is 0.0430. The van der Waals surface area contributed by atoms with Gasteiger partial charge in [-0.05, 0) is 53.0 Å². The largest absolute Gasteiger partial charge is 0.384 e. The molecule has 0 aliphatic rings. The predicted octanol–water partition coefficient (Wildman–Crippen LogP) is 3.38. The number of hydrogen-bond donors (Lipinski definition) is 1. The van der Waals surface area contributed by atoms with Gasteiger partial charge in [0.1, 0.15) is 6.10 Å². The van der Waals surface area contributed by atoms with Crippen molar-refractivity contribution in [3.63, 3.8) is 0 Å². The van der Waals surface area contributed by atoms with Crippen LogP contribution in [-0.2, 0) is 19.7 Å². The first kappa shape index (κ1) is 29.3. The fourth-order valence-corrected chi connectivity index (χ4v) is 4.57. The Labute approximate surface area is 229 Å². The Morgan fingerprint density at radius 2 is 1.18 bits per heavy atom. The van der Waals surface area contributed by atoms with E-state index < -0.39 is 25.8 Å². The Balaban J connectivity index is 0.000000211. The molecule has 0 saturated heterocycles. The number of aromatic nitrogens is 4. The molecule has 1 atom stereocenters. The molecule has 14 heteroatoms. The number of nitrogens with zero attached hydrogens (tertiary/aromatic N) is 4. The summed E-state index contributed by atoms with van der Waals surface area (Å²) >= 11 is 11.1. The van der Waals surface area contributed by atoms with Crippen molar-refractivity contribution in [1.29, 1.82) is 0 Å². The molecule has 0 amide bonds. The van der Waals surface area contributed by atoms with Crippen molar-refractivity contribution in [3.05, 3.63) is 106 Å². The quantitative estimate of drug-likeness (QED) is 0.259. The van der Waals surface area contributed by atoms with Gasteiger partial charge in [0, 0.05) is 48.4 Å². The second-order valence-electron chi connectivity index (χ2n) is 7.90. The Morgan fingerprint density at radius 1 is 0.711 bits per heavy atom. The zero-order valence-corrected chi connectivity index (χ0v) is 23.0. The molecule has 0 aliphatic carbocycles. The van der Waals surface area contributed by atoms with Crippen LogP contribution in [0, 0.1) is 0 Å². The first-order valence-corrected chi connectivity index (χ1v) is 15.1. The molecule has 0 spiro atoms. The van der Waals surface area contributed by atoms with Crippen LogP contribution in [0.5, 0.6) is 0 Å². The molecular formula is C24H20Cl2N4O6S2. The highest BCUT2D eigenvalue weighted by Crippen LogP contribution is 2.23. The highest BCUT2D eigenvalue weighted by atomic mass is 35.5. The van der Waals surface area contributed by atoms with Crippen molar-refractivity contribution in [2.24, 2.45) is 0 Å². The third-order valence-electron chi connectivity index (χ3n) is 4.96. The monoisotopic (exact) mass is 594 g/mol. The van der Waals surface area contributed by atoms with Gasteiger partial charge >= 0.3 is 0 Å². The average molecular weight is 595 g/mol. The number of halogens is 2. The Hall–Kier alpha value is -3.29. The van der Waals surface area contributed by atoms with Gasteiger partial charge in [0.05, 0.1) is 15.4 Å². The lowest BCUT2D eigenvalue weighted by Crippen LogP contribution is -2.05. The van der Waals surface area contributed by atoms with E-state index in [1.807, 2.05) is 0 Å². The Morgan fingerprint density at radius 3 is 1.71 bits per heavy atom. The number of aliphatic hydroxyl groups excluding tert-OH is 1. The summed E-state index contributed by atoms with van der Waals surface area (Å²) in [5.74, 6) is -0.359. The van der Waals surface area contributed by atoms with Gasteiger partial charge < -0.3 is 5.11 Å².